The molecule has 1 saturated carbocycles. The van der Waals surface area contributed by atoms with Crippen molar-refractivity contribution in [2.75, 3.05) is 19.6 Å². The van der Waals surface area contributed by atoms with Crippen LogP contribution in [-0.4, -0.2) is 30.4 Å². The van der Waals surface area contributed by atoms with Crippen molar-refractivity contribution in [3.63, 3.8) is 0 Å². The first-order valence-electron chi connectivity index (χ1n) is 8.65. The number of aryl methyl sites for hydroxylation is 1. The second-order valence-corrected chi connectivity index (χ2v) is 7.95. The summed E-state index contributed by atoms with van der Waals surface area (Å²) in [6.07, 6.45) is 5.68. The standard InChI is InChI=1S/C19H26N2O/c1-18(12-20)9-10-21(13-18)17(22)16-11-19(16)8-4-6-14-5-2-3-7-15(14)19/h2-3,5,7,16H,4,6,8-13,20H2,1H3. The lowest BCUT2D eigenvalue weighted by Crippen LogP contribution is -2.37. The second-order valence-electron chi connectivity index (χ2n) is 7.95. The van der Waals surface area contributed by atoms with Gasteiger partial charge in [0.05, 0.1) is 0 Å². The maximum absolute atomic E-state index is 13.0. The van der Waals surface area contributed by atoms with Gasteiger partial charge in [0.1, 0.15) is 0 Å². The zero-order valence-electron chi connectivity index (χ0n) is 13.5. The van der Waals surface area contributed by atoms with Crippen LogP contribution >= 0.6 is 0 Å². The number of rotatable bonds is 2. The lowest BCUT2D eigenvalue weighted by atomic mass is 9.78. The van der Waals surface area contributed by atoms with Gasteiger partial charge in [-0.2, -0.15) is 0 Å². The van der Waals surface area contributed by atoms with Gasteiger partial charge in [-0.1, -0.05) is 31.2 Å². The molecule has 4 rings (SSSR count). The van der Waals surface area contributed by atoms with Crippen LogP contribution in [0.1, 0.15) is 43.7 Å². The lowest BCUT2D eigenvalue weighted by molar-refractivity contribution is -0.132. The number of hydrogen-bond acceptors (Lipinski definition) is 2. The van der Waals surface area contributed by atoms with Crippen molar-refractivity contribution >= 4 is 5.91 Å². The largest absolute Gasteiger partial charge is 0.342 e. The molecule has 1 aromatic rings. The lowest BCUT2D eigenvalue weighted by Gasteiger charge is -2.28. The summed E-state index contributed by atoms with van der Waals surface area (Å²) in [7, 11) is 0. The highest BCUT2D eigenvalue weighted by molar-refractivity contribution is 5.85. The van der Waals surface area contributed by atoms with Crippen molar-refractivity contribution < 1.29 is 4.79 Å². The van der Waals surface area contributed by atoms with Gasteiger partial charge in [0.25, 0.3) is 0 Å². The molecule has 0 aromatic heterocycles. The minimum atomic E-state index is 0.127. The van der Waals surface area contributed by atoms with Crippen LogP contribution in [0.15, 0.2) is 24.3 Å². The van der Waals surface area contributed by atoms with Gasteiger partial charge in [-0.15, -0.1) is 0 Å². The van der Waals surface area contributed by atoms with Crippen LogP contribution in [0.3, 0.4) is 0 Å². The fourth-order valence-corrected chi connectivity index (χ4v) is 4.75. The predicted molar refractivity (Wildman–Crippen MR) is 87.5 cm³/mol. The van der Waals surface area contributed by atoms with Crippen molar-refractivity contribution in [2.45, 2.75) is 44.4 Å². The summed E-state index contributed by atoms with van der Waals surface area (Å²) in [5.41, 5.74) is 9.10. The quantitative estimate of drug-likeness (QED) is 0.912. The van der Waals surface area contributed by atoms with Crippen molar-refractivity contribution in [2.24, 2.45) is 17.1 Å². The Morgan fingerprint density at radius 1 is 1.36 bits per heavy atom. The number of amides is 1. The molecule has 2 N–H and O–H groups in total. The molecule has 2 aliphatic carbocycles. The van der Waals surface area contributed by atoms with E-state index in [1.54, 1.807) is 0 Å². The van der Waals surface area contributed by atoms with E-state index in [4.69, 9.17) is 5.73 Å². The zero-order chi connectivity index (χ0) is 15.4. The highest BCUT2D eigenvalue weighted by Crippen LogP contribution is 2.61. The van der Waals surface area contributed by atoms with E-state index >= 15 is 0 Å². The number of nitrogens with zero attached hydrogens (tertiary/aromatic N) is 1. The van der Waals surface area contributed by atoms with Crippen molar-refractivity contribution in [1.29, 1.82) is 0 Å². The first-order valence-corrected chi connectivity index (χ1v) is 8.65. The molecule has 1 aliphatic heterocycles. The third kappa shape index (κ3) is 2.02. The summed E-state index contributed by atoms with van der Waals surface area (Å²) in [6.45, 7) is 4.62. The highest BCUT2D eigenvalue weighted by atomic mass is 16.2. The molecule has 1 spiro atoms. The third-order valence-electron chi connectivity index (χ3n) is 6.36. The average molecular weight is 298 g/mol. The monoisotopic (exact) mass is 298 g/mol. The zero-order valence-corrected chi connectivity index (χ0v) is 13.5. The van der Waals surface area contributed by atoms with Crippen LogP contribution in [0.4, 0.5) is 0 Å². The van der Waals surface area contributed by atoms with Gasteiger partial charge in [-0.25, -0.2) is 0 Å². The molecule has 1 heterocycles. The SMILES string of the molecule is CC1(CN)CCN(C(=O)C2CC23CCCc2ccccc23)C1. The Labute approximate surface area is 132 Å². The first kappa shape index (κ1) is 14.3. The summed E-state index contributed by atoms with van der Waals surface area (Å²) >= 11 is 0. The van der Waals surface area contributed by atoms with E-state index in [1.165, 1.54) is 30.4 Å². The molecule has 118 valence electrons. The van der Waals surface area contributed by atoms with E-state index < -0.39 is 0 Å². The fraction of sp³-hybridized carbons (Fsp3) is 0.632. The van der Waals surface area contributed by atoms with Crippen LogP contribution in [0.25, 0.3) is 0 Å². The van der Waals surface area contributed by atoms with E-state index in [1.807, 2.05) is 0 Å². The summed E-state index contributed by atoms with van der Waals surface area (Å²) < 4.78 is 0. The van der Waals surface area contributed by atoms with E-state index in [-0.39, 0.29) is 16.7 Å². The number of benzene rings is 1. The Kier molecular flexibility index (Phi) is 3.12. The summed E-state index contributed by atoms with van der Waals surface area (Å²) in [5, 5.41) is 0. The summed E-state index contributed by atoms with van der Waals surface area (Å²) in [4.78, 5) is 15.1. The Balaban J connectivity index is 1.54. The number of hydrogen-bond donors (Lipinski definition) is 1. The number of carbonyl (C=O) groups excluding carboxylic acids is 1. The Morgan fingerprint density at radius 2 is 2.18 bits per heavy atom. The van der Waals surface area contributed by atoms with Crippen LogP contribution in [0, 0.1) is 11.3 Å². The van der Waals surface area contributed by atoms with Gasteiger partial charge in [0, 0.05) is 24.4 Å². The van der Waals surface area contributed by atoms with E-state index in [9.17, 15) is 4.79 Å². The van der Waals surface area contributed by atoms with Crippen molar-refractivity contribution in [1.82, 2.24) is 4.90 Å². The molecular weight excluding hydrogens is 272 g/mol. The third-order valence-corrected chi connectivity index (χ3v) is 6.36. The number of fused-ring (bicyclic) bond motifs is 2. The maximum atomic E-state index is 13.0. The van der Waals surface area contributed by atoms with Crippen molar-refractivity contribution in [3.05, 3.63) is 35.4 Å². The molecule has 3 unspecified atom stereocenters. The van der Waals surface area contributed by atoms with Crippen LogP contribution in [-0.2, 0) is 16.6 Å². The predicted octanol–water partition coefficient (Wildman–Crippen LogP) is 2.48. The van der Waals surface area contributed by atoms with Gasteiger partial charge in [0.2, 0.25) is 5.91 Å². The van der Waals surface area contributed by atoms with Gasteiger partial charge < -0.3 is 10.6 Å². The molecule has 0 radical (unpaired) electrons. The molecule has 3 aliphatic rings. The van der Waals surface area contributed by atoms with Gasteiger partial charge in [-0.05, 0) is 55.2 Å². The molecule has 2 fully saturated rings. The number of nitrogens with two attached hydrogens (primary N) is 1. The molecule has 3 nitrogen and oxygen atoms in total. The molecule has 1 saturated heterocycles. The van der Waals surface area contributed by atoms with E-state index in [2.05, 4.69) is 36.1 Å². The summed E-state index contributed by atoms with van der Waals surface area (Å²) in [6, 6.07) is 8.77. The van der Waals surface area contributed by atoms with Gasteiger partial charge >= 0.3 is 0 Å². The molecule has 3 heteroatoms. The smallest absolute Gasteiger partial charge is 0.226 e. The topological polar surface area (TPSA) is 46.3 Å². The molecule has 3 atom stereocenters. The minimum absolute atomic E-state index is 0.127. The Hall–Kier alpha value is -1.35. The molecule has 1 amide bonds. The minimum Gasteiger partial charge on any atom is -0.342 e. The number of likely N-dealkylation sites (tertiary alicyclic amines) is 1. The maximum Gasteiger partial charge on any atom is 0.226 e. The van der Waals surface area contributed by atoms with Crippen LogP contribution < -0.4 is 5.73 Å². The van der Waals surface area contributed by atoms with Crippen LogP contribution in [0.5, 0.6) is 0 Å². The Morgan fingerprint density at radius 3 is 2.95 bits per heavy atom. The molecule has 22 heavy (non-hydrogen) atoms. The highest BCUT2D eigenvalue weighted by Gasteiger charge is 2.61. The fourth-order valence-electron chi connectivity index (χ4n) is 4.75. The van der Waals surface area contributed by atoms with Gasteiger partial charge in [-0.3, -0.25) is 4.79 Å². The number of carbonyl (C=O) groups is 1. The van der Waals surface area contributed by atoms with E-state index in [0.717, 1.165) is 25.9 Å². The van der Waals surface area contributed by atoms with Crippen LogP contribution in [0.2, 0.25) is 0 Å². The molecule has 0 bridgehead atoms. The van der Waals surface area contributed by atoms with E-state index in [0.29, 0.717) is 12.5 Å². The first-order chi connectivity index (χ1) is 10.6. The summed E-state index contributed by atoms with van der Waals surface area (Å²) in [5.74, 6) is 0.600. The molecule has 1 aromatic carbocycles. The molecular formula is C19H26N2O. The average Bonchev–Trinajstić information content (AvgIpc) is 3.11. The second kappa shape index (κ2) is 4.82. The van der Waals surface area contributed by atoms with Gasteiger partial charge in [0.15, 0.2) is 0 Å². The Bertz CT molecular complexity index is 613. The normalized spacial score (nSPS) is 36.5. The van der Waals surface area contributed by atoms with Crippen molar-refractivity contribution in [3.8, 4) is 0 Å².